The van der Waals surface area contributed by atoms with Gasteiger partial charge in [0.1, 0.15) is 0 Å². The molecule has 3 nitrogen and oxygen atoms in total. The molecule has 0 radical (unpaired) electrons. The highest BCUT2D eigenvalue weighted by Crippen LogP contribution is 2.18. The molecule has 0 bridgehead atoms. The minimum atomic E-state index is 0.0138. The highest BCUT2D eigenvalue weighted by Gasteiger charge is 2.20. The van der Waals surface area contributed by atoms with E-state index in [9.17, 15) is 4.79 Å². The zero-order valence-corrected chi connectivity index (χ0v) is 11.2. The van der Waals surface area contributed by atoms with Crippen molar-refractivity contribution in [2.75, 3.05) is 12.8 Å². The van der Waals surface area contributed by atoms with Crippen LogP contribution in [0.5, 0.6) is 0 Å². The van der Waals surface area contributed by atoms with Gasteiger partial charge in [-0.1, -0.05) is 25.5 Å². The predicted molar refractivity (Wildman–Crippen MR) is 72.1 cm³/mol. The summed E-state index contributed by atoms with van der Waals surface area (Å²) in [5.41, 5.74) is 8.08. The van der Waals surface area contributed by atoms with Crippen molar-refractivity contribution in [3.8, 4) is 0 Å². The van der Waals surface area contributed by atoms with E-state index >= 15 is 0 Å². The number of hydrogen-bond donors (Lipinski definition) is 1. The zero-order chi connectivity index (χ0) is 13.0. The summed E-state index contributed by atoms with van der Waals surface area (Å²) >= 11 is 0. The largest absolute Gasteiger partial charge is 0.398 e. The van der Waals surface area contributed by atoms with E-state index in [4.69, 9.17) is 5.73 Å². The Morgan fingerprint density at radius 2 is 1.94 bits per heavy atom. The first-order valence-electron chi connectivity index (χ1n) is 6.14. The molecule has 0 fully saturated rings. The molecule has 0 spiro atoms. The molecule has 0 unspecified atom stereocenters. The number of nitrogens with two attached hydrogens (primary N) is 1. The van der Waals surface area contributed by atoms with Crippen LogP contribution in [-0.2, 0) is 0 Å². The van der Waals surface area contributed by atoms with Crippen molar-refractivity contribution in [1.29, 1.82) is 0 Å². The van der Waals surface area contributed by atoms with Crippen LogP contribution in [0.4, 0.5) is 5.69 Å². The molecule has 1 rings (SSSR count). The highest BCUT2D eigenvalue weighted by molar-refractivity contribution is 5.99. The number of aryl methyl sites for hydroxylation is 1. The Morgan fingerprint density at radius 1 is 1.35 bits per heavy atom. The molecule has 0 aliphatic rings. The maximum Gasteiger partial charge on any atom is 0.255 e. The highest BCUT2D eigenvalue weighted by atomic mass is 16.2. The first kappa shape index (κ1) is 13.6. The van der Waals surface area contributed by atoms with Gasteiger partial charge >= 0.3 is 0 Å². The van der Waals surface area contributed by atoms with Crippen LogP contribution in [0.3, 0.4) is 0 Å². The summed E-state index contributed by atoms with van der Waals surface area (Å²) in [6.45, 7) is 6.16. The van der Waals surface area contributed by atoms with Crippen molar-refractivity contribution in [1.82, 2.24) is 4.90 Å². The Labute approximate surface area is 104 Å². The number of hydrogen-bond acceptors (Lipinski definition) is 2. The standard InChI is InChI=1S/C14H22N2O/c1-5-11(6-2)16(4)14(17)12-9-10(3)7-8-13(12)15/h7-9,11H,5-6,15H2,1-4H3. The SMILES string of the molecule is CCC(CC)N(C)C(=O)c1cc(C)ccc1N. The fraction of sp³-hybridized carbons (Fsp3) is 0.500. The molecule has 0 aliphatic carbocycles. The molecule has 1 amide bonds. The number of carbonyl (C=O) groups is 1. The Hall–Kier alpha value is -1.51. The predicted octanol–water partition coefficient (Wildman–Crippen LogP) is 2.84. The maximum absolute atomic E-state index is 12.3. The Balaban J connectivity index is 2.99. The van der Waals surface area contributed by atoms with Crippen molar-refractivity contribution in [2.24, 2.45) is 0 Å². The Bertz CT molecular complexity index is 397. The van der Waals surface area contributed by atoms with Gasteiger partial charge in [0, 0.05) is 18.8 Å². The molecule has 0 saturated carbocycles. The topological polar surface area (TPSA) is 46.3 Å². The van der Waals surface area contributed by atoms with E-state index in [1.807, 2.05) is 26.1 Å². The number of amides is 1. The zero-order valence-electron chi connectivity index (χ0n) is 11.2. The quantitative estimate of drug-likeness (QED) is 0.814. The molecule has 3 heteroatoms. The monoisotopic (exact) mass is 234 g/mol. The second-order valence-corrected chi connectivity index (χ2v) is 4.48. The first-order chi connectivity index (χ1) is 8.01. The summed E-state index contributed by atoms with van der Waals surface area (Å²) in [4.78, 5) is 14.1. The van der Waals surface area contributed by atoms with Gasteiger partial charge in [0.25, 0.3) is 5.91 Å². The number of rotatable bonds is 4. The summed E-state index contributed by atoms with van der Waals surface area (Å²) in [5, 5.41) is 0. The van der Waals surface area contributed by atoms with Crippen LogP contribution in [-0.4, -0.2) is 23.9 Å². The molecule has 94 valence electrons. The van der Waals surface area contributed by atoms with E-state index in [0.29, 0.717) is 11.3 Å². The molecule has 0 atom stereocenters. The molecule has 0 aromatic heterocycles. The summed E-state index contributed by atoms with van der Waals surface area (Å²) in [6, 6.07) is 5.85. The first-order valence-corrected chi connectivity index (χ1v) is 6.14. The summed E-state index contributed by atoms with van der Waals surface area (Å²) in [7, 11) is 1.85. The molecule has 0 aliphatic heterocycles. The third-order valence-corrected chi connectivity index (χ3v) is 3.25. The molecule has 17 heavy (non-hydrogen) atoms. The van der Waals surface area contributed by atoms with Gasteiger partial charge in [-0.05, 0) is 31.9 Å². The van der Waals surface area contributed by atoms with Crippen LogP contribution in [0.15, 0.2) is 18.2 Å². The van der Waals surface area contributed by atoms with E-state index in [1.54, 1.807) is 11.0 Å². The van der Waals surface area contributed by atoms with Crippen LogP contribution in [0.1, 0.15) is 42.6 Å². The van der Waals surface area contributed by atoms with Gasteiger partial charge in [-0.3, -0.25) is 4.79 Å². The molecule has 1 aromatic carbocycles. The molecule has 0 heterocycles. The van der Waals surface area contributed by atoms with Crippen molar-refractivity contribution < 1.29 is 4.79 Å². The van der Waals surface area contributed by atoms with E-state index < -0.39 is 0 Å². The number of nitrogen functional groups attached to an aromatic ring is 1. The lowest BCUT2D eigenvalue weighted by atomic mass is 10.1. The number of nitrogens with zero attached hydrogens (tertiary/aromatic N) is 1. The third kappa shape index (κ3) is 2.99. The second-order valence-electron chi connectivity index (χ2n) is 4.48. The Kier molecular flexibility index (Phi) is 4.55. The van der Waals surface area contributed by atoms with Gasteiger partial charge in [0.15, 0.2) is 0 Å². The van der Waals surface area contributed by atoms with Crippen molar-refractivity contribution in [3.63, 3.8) is 0 Å². The van der Waals surface area contributed by atoms with Crippen LogP contribution >= 0.6 is 0 Å². The lowest BCUT2D eigenvalue weighted by molar-refractivity contribution is 0.0724. The molecular formula is C14H22N2O. The van der Waals surface area contributed by atoms with Crippen molar-refractivity contribution >= 4 is 11.6 Å². The van der Waals surface area contributed by atoms with E-state index in [2.05, 4.69) is 13.8 Å². The van der Waals surface area contributed by atoms with E-state index in [-0.39, 0.29) is 11.9 Å². The molecule has 2 N–H and O–H groups in total. The normalized spacial score (nSPS) is 10.6. The smallest absolute Gasteiger partial charge is 0.255 e. The minimum absolute atomic E-state index is 0.0138. The molecular weight excluding hydrogens is 212 g/mol. The van der Waals surface area contributed by atoms with Gasteiger partial charge < -0.3 is 10.6 Å². The summed E-state index contributed by atoms with van der Waals surface area (Å²) < 4.78 is 0. The third-order valence-electron chi connectivity index (χ3n) is 3.25. The number of anilines is 1. The summed E-state index contributed by atoms with van der Waals surface area (Å²) in [6.07, 6.45) is 1.93. The molecule has 1 aromatic rings. The lowest BCUT2D eigenvalue weighted by Crippen LogP contribution is -2.36. The average molecular weight is 234 g/mol. The fourth-order valence-electron chi connectivity index (χ4n) is 2.05. The minimum Gasteiger partial charge on any atom is -0.398 e. The van der Waals surface area contributed by atoms with Gasteiger partial charge in [-0.2, -0.15) is 0 Å². The van der Waals surface area contributed by atoms with Crippen molar-refractivity contribution in [2.45, 2.75) is 39.7 Å². The van der Waals surface area contributed by atoms with Crippen LogP contribution in [0.2, 0.25) is 0 Å². The van der Waals surface area contributed by atoms with Crippen LogP contribution in [0, 0.1) is 6.92 Å². The molecule has 0 saturated heterocycles. The maximum atomic E-state index is 12.3. The summed E-state index contributed by atoms with van der Waals surface area (Å²) in [5.74, 6) is 0.0138. The Morgan fingerprint density at radius 3 is 2.47 bits per heavy atom. The van der Waals surface area contributed by atoms with Gasteiger partial charge in [-0.15, -0.1) is 0 Å². The fourth-order valence-corrected chi connectivity index (χ4v) is 2.05. The van der Waals surface area contributed by atoms with Crippen LogP contribution < -0.4 is 5.73 Å². The van der Waals surface area contributed by atoms with Gasteiger partial charge in [0.2, 0.25) is 0 Å². The van der Waals surface area contributed by atoms with Gasteiger partial charge in [0.05, 0.1) is 5.56 Å². The van der Waals surface area contributed by atoms with Gasteiger partial charge in [-0.25, -0.2) is 0 Å². The van der Waals surface area contributed by atoms with E-state index in [0.717, 1.165) is 18.4 Å². The number of benzene rings is 1. The lowest BCUT2D eigenvalue weighted by Gasteiger charge is -2.26. The van der Waals surface area contributed by atoms with E-state index in [1.165, 1.54) is 0 Å². The number of carbonyl (C=O) groups excluding carboxylic acids is 1. The van der Waals surface area contributed by atoms with Crippen LogP contribution in [0.25, 0.3) is 0 Å². The second kappa shape index (κ2) is 5.71. The van der Waals surface area contributed by atoms with Crippen molar-refractivity contribution in [3.05, 3.63) is 29.3 Å². The average Bonchev–Trinajstić information content (AvgIpc) is 2.32.